The van der Waals surface area contributed by atoms with E-state index in [0.29, 0.717) is 24.1 Å². The highest BCUT2D eigenvalue weighted by Gasteiger charge is 2.34. The summed E-state index contributed by atoms with van der Waals surface area (Å²) in [6, 6.07) is 15.2. The largest absolute Gasteiger partial charge is 0.303 e. The van der Waals surface area contributed by atoms with Crippen molar-refractivity contribution in [1.82, 2.24) is 14.5 Å². The maximum absolute atomic E-state index is 12.5. The minimum Gasteiger partial charge on any atom is -0.303 e. The van der Waals surface area contributed by atoms with Crippen molar-refractivity contribution in [3.05, 3.63) is 82.3 Å². The van der Waals surface area contributed by atoms with Gasteiger partial charge in [-0.05, 0) is 62.7 Å². The molecular formula is C22H21N3O2. The van der Waals surface area contributed by atoms with E-state index in [-0.39, 0.29) is 11.8 Å². The van der Waals surface area contributed by atoms with E-state index in [1.165, 1.54) is 4.90 Å². The Morgan fingerprint density at radius 1 is 0.852 bits per heavy atom. The van der Waals surface area contributed by atoms with Gasteiger partial charge in [-0.25, -0.2) is 4.98 Å². The molecule has 1 aliphatic rings. The van der Waals surface area contributed by atoms with Crippen molar-refractivity contribution < 1.29 is 9.59 Å². The van der Waals surface area contributed by atoms with Crippen LogP contribution in [0.1, 0.15) is 43.4 Å². The number of fused-ring (bicyclic) bond motifs is 1. The van der Waals surface area contributed by atoms with Crippen molar-refractivity contribution in [1.29, 1.82) is 0 Å². The van der Waals surface area contributed by atoms with Gasteiger partial charge < -0.3 is 4.57 Å². The van der Waals surface area contributed by atoms with Crippen molar-refractivity contribution >= 4 is 11.8 Å². The van der Waals surface area contributed by atoms with Gasteiger partial charge in [-0.3, -0.25) is 14.5 Å². The fourth-order valence-corrected chi connectivity index (χ4v) is 3.66. The number of carbonyl (C=O) groups excluding carboxylic acids is 2. The molecule has 1 aliphatic heterocycles. The molecule has 0 N–H and O–H groups in total. The highest BCUT2D eigenvalue weighted by molar-refractivity contribution is 6.21. The quantitative estimate of drug-likeness (QED) is 0.669. The molecule has 0 radical (unpaired) electrons. The number of hydrogen-bond acceptors (Lipinski definition) is 3. The molecule has 0 saturated heterocycles. The summed E-state index contributed by atoms with van der Waals surface area (Å²) in [6.07, 6.45) is 0.527. The molecule has 3 heterocycles. The highest BCUT2D eigenvalue weighted by atomic mass is 16.2. The van der Waals surface area contributed by atoms with Crippen LogP contribution in [0.25, 0.3) is 5.82 Å². The van der Waals surface area contributed by atoms with Gasteiger partial charge in [0.15, 0.2) is 0 Å². The number of hydrogen-bond donors (Lipinski definition) is 0. The Labute approximate surface area is 158 Å². The number of carbonyl (C=O) groups is 2. The van der Waals surface area contributed by atoms with Crippen LogP contribution >= 0.6 is 0 Å². The maximum atomic E-state index is 12.5. The first-order valence-corrected chi connectivity index (χ1v) is 9.04. The zero-order valence-corrected chi connectivity index (χ0v) is 15.7. The summed E-state index contributed by atoms with van der Waals surface area (Å²) >= 11 is 0. The number of aryl methyl sites for hydroxylation is 3. The van der Waals surface area contributed by atoms with Crippen LogP contribution in [-0.2, 0) is 6.42 Å². The maximum Gasteiger partial charge on any atom is 0.261 e. The van der Waals surface area contributed by atoms with Gasteiger partial charge in [-0.15, -0.1) is 0 Å². The first-order valence-electron chi connectivity index (χ1n) is 9.04. The van der Waals surface area contributed by atoms with E-state index in [1.54, 1.807) is 24.3 Å². The fourth-order valence-electron chi connectivity index (χ4n) is 3.66. The Hall–Kier alpha value is -3.21. The fraction of sp³-hybridized carbons (Fsp3) is 0.227. The zero-order chi connectivity index (χ0) is 19.1. The van der Waals surface area contributed by atoms with E-state index in [9.17, 15) is 9.59 Å². The molecule has 4 rings (SSSR count). The smallest absolute Gasteiger partial charge is 0.261 e. The van der Waals surface area contributed by atoms with Gasteiger partial charge >= 0.3 is 0 Å². The zero-order valence-electron chi connectivity index (χ0n) is 15.7. The molecule has 0 unspecified atom stereocenters. The minimum atomic E-state index is -0.222. The SMILES string of the molecule is Cc1cc(CCN2C(=O)c3ccccc3C2=O)nc(-n2c(C)ccc2C)c1. The normalized spacial score (nSPS) is 13.4. The summed E-state index contributed by atoms with van der Waals surface area (Å²) in [4.78, 5) is 31.1. The molecule has 3 aromatic rings. The molecule has 2 amide bonds. The van der Waals surface area contributed by atoms with Crippen LogP contribution < -0.4 is 0 Å². The van der Waals surface area contributed by atoms with Crippen LogP contribution in [0.2, 0.25) is 0 Å². The molecule has 5 nitrogen and oxygen atoms in total. The summed E-state index contributed by atoms with van der Waals surface area (Å²) in [6.45, 7) is 6.46. The van der Waals surface area contributed by atoms with Crippen LogP contribution in [-0.4, -0.2) is 32.8 Å². The Morgan fingerprint density at radius 3 is 2.04 bits per heavy atom. The van der Waals surface area contributed by atoms with Gasteiger partial charge in [0.05, 0.1) is 11.1 Å². The summed E-state index contributed by atoms with van der Waals surface area (Å²) in [5.74, 6) is 0.425. The van der Waals surface area contributed by atoms with Crippen molar-refractivity contribution in [3.63, 3.8) is 0 Å². The second kappa shape index (κ2) is 6.50. The van der Waals surface area contributed by atoms with Crippen LogP contribution in [0, 0.1) is 20.8 Å². The number of rotatable bonds is 4. The van der Waals surface area contributed by atoms with E-state index < -0.39 is 0 Å². The number of imide groups is 1. The molecule has 0 atom stereocenters. The van der Waals surface area contributed by atoms with Gasteiger partial charge in [-0.2, -0.15) is 0 Å². The lowest BCUT2D eigenvalue weighted by molar-refractivity contribution is 0.0656. The minimum absolute atomic E-state index is 0.222. The third-order valence-corrected chi connectivity index (χ3v) is 4.98. The number of benzene rings is 1. The molecule has 0 saturated carbocycles. The molecule has 0 bridgehead atoms. The Bertz CT molecular complexity index is 1010. The second-order valence-corrected chi connectivity index (χ2v) is 7.00. The topological polar surface area (TPSA) is 55.2 Å². The lowest BCUT2D eigenvalue weighted by Gasteiger charge is -2.15. The predicted molar refractivity (Wildman–Crippen MR) is 103 cm³/mol. The van der Waals surface area contributed by atoms with Crippen molar-refractivity contribution in [2.75, 3.05) is 6.54 Å². The van der Waals surface area contributed by atoms with E-state index in [1.807, 2.05) is 19.1 Å². The van der Waals surface area contributed by atoms with Gasteiger partial charge in [-0.1, -0.05) is 12.1 Å². The van der Waals surface area contributed by atoms with E-state index in [0.717, 1.165) is 28.5 Å². The molecule has 0 aliphatic carbocycles. The van der Waals surface area contributed by atoms with Crippen LogP contribution in [0.3, 0.4) is 0 Å². The van der Waals surface area contributed by atoms with Crippen molar-refractivity contribution in [2.45, 2.75) is 27.2 Å². The summed E-state index contributed by atoms with van der Waals surface area (Å²) in [5, 5.41) is 0. The van der Waals surface area contributed by atoms with Crippen LogP contribution in [0.5, 0.6) is 0 Å². The highest BCUT2D eigenvalue weighted by Crippen LogP contribution is 2.23. The van der Waals surface area contributed by atoms with Crippen LogP contribution in [0.4, 0.5) is 0 Å². The lowest BCUT2D eigenvalue weighted by atomic mass is 10.1. The second-order valence-electron chi connectivity index (χ2n) is 7.00. The molecule has 5 heteroatoms. The molecular weight excluding hydrogens is 338 g/mol. The number of nitrogens with zero attached hydrogens (tertiary/aromatic N) is 3. The Morgan fingerprint density at radius 2 is 1.44 bits per heavy atom. The van der Waals surface area contributed by atoms with E-state index >= 15 is 0 Å². The monoisotopic (exact) mass is 359 g/mol. The van der Waals surface area contributed by atoms with Gasteiger partial charge in [0, 0.05) is 30.0 Å². The standard InChI is InChI=1S/C22H21N3O2/c1-14-12-17(23-20(13-14)25-15(2)8-9-16(25)3)10-11-24-21(26)18-6-4-5-7-19(18)22(24)27/h4-9,12-13H,10-11H2,1-3H3. The molecule has 27 heavy (non-hydrogen) atoms. The molecule has 0 spiro atoms. The molecule has 136 valence electrons. The number of pyridine rings is 1. The predicted octanol–water partition coefficient (Wildman–Crippen LogP) is 3.64. The van der Waals surface area contributed by atoms with Crippen molar-refractivity contribution in [2.24, 2.45) is 0 Å². The van der Waals surface area contributed by atoms with E-state index in [2.05, 4.69) is 30.5 Å². The van der Waals surface area contributed by atoms with Gasteiger partial charge in [0.1, 0.15) is 5.82 Å². The Kier molecular flexibility index (Phi) is 4.15. The first kappa shape index (κ1) is 17.2. The Balaban J connectivity index is 1.58. The summed E-state index contributed by atoms with van der Waals surface area (Å²) < 4.78 is 2.11. The van der Waals surface area contributed by atoms with Crippen LogP contribution in [0.15, 0.2) is 48.5 Å². The van der Waals surface area contributed by atoms with Gasteiger partial charge in [0.2, 0.25) is 0 Å². The first-order chi connectivity index (χ1) is 13.0. The number of aromatic nitrogens is 2. The average Bonchev–Trinajstić information content (AvgIpc) is 3.10. The summed E-state index contributed by atoms with van der Waals surface area (Å²) in [5.41, 5.74) is 5.19. The number of amides is 2. The third kappa shape index (κ3) is 2.95. The summed E-state index contributed by atoms with van der Waals surface area (Å²) in [7, 11) is 0. The molecule has 2 aromatic heterocycles. The van der Waals surface area contributed by atoms with Crippen molar-refractivity contribution in [3.8, 4) is 5.82 Å². The third-order valence-electron chi connectivity index (χ3n) is 4.98. The molecule has 1 aromatic carbocycles. The van der Waals surface area contributed by atoms with E-state index in [4.69, 9.17) is 4.98 Å². The van der Waals surface area contributed by atoms with Gasteiger partial charge in [0.25, 0.3) is 11.8 Å². The average molecular weight is 359 g/mol. The molecule has 0 fully saturated rings. The lowest BCUT2D eigenvalue weighted by Crippen LogP contribution is -2.32.